The Bertz CT molecular complexity index is 353. The molecule has 0 aliphatic rings. The molecule has 1 unspecified atom stereocenters. The van der Waals surface area contributed by atoms with Crippen molar-refractivity contribution in [3.8, 4) is 5.75 Å². The highest BCUT2D eigenvalue weighted by molar-refractivity contribution is 9.10. The first-order valence-corrected chi connectivity index (χ1v) is 6.44. The van der Waals surface area contributed by atoms with E-state index in [2.05, 4.69) is 15.9 Å². The number of hydrogen-bond donors (Lipinski definition) is 1. The Labute approximate surface area is 111 Å². The smallest absolute Gasteiger partial charge is 0.119 e. The molecule has 0 saturated carbocycles. The van der Waals surface area contributed by atoms with Crippen LogP contribution in [0.2, 0.25) is 0 Å². The average Bonchev–Trinajstić information content (AvgIpc) is 2.29. The molecule has 1 aromatic rings. The van der Waals surface area contributed by atoms with Crippen LogP contribution in [-0.2, 0) is 11.2 Å². The number of halogens is 1. The zero-order valence-corrected chi connectivity index (χ0v) is 12.0. The summed E-state index contributed by atoms with van der Waals surface area (Å²) < 4.78 is 11.5. The Kier molecular flexibility index (Phi) is 5.95. The van der Waals surface area contributed by atoms with Gasteiger partial charge in [0.05, 0.1) is 25.9 Å². The second-order valence-corrected chi connectivity index (χ2v) is 5.05. The van der Waals surface area contributed by atoms with E-state index in [9.17, 15) is 5.11 Å². The standard InChI is InChI=1S/C13H19BrO3/c1-9(2)17-8-11(15)6-10-7-12(16-3)4-5-13(10)14/h4-5,7,9,11,15H,6,8H2,1-3H3. The lowest BCUT2D eigenvalue weighted by molar-refractivity contribution is 0.00614. The van der Waals surface area contributed by atoms with Gasteiger partial charge in [-0.05, 0) is 37.6 Å². The molecule has 0 radical (unpaired) electrons. The van der Waals surface area contributed by atoms with Crippen LogP contribution >= 0.6 is 15.9 Å². The van der Waals surface area contributed by atoms with Crippen LogP contribution in [0.25, 0.3) is 0 Å². The van der Waals surface area contributed by atoms with Crippen molar-refractivity contribution >= 4 is 15.9 Å². The van der Waals surface area contributed by atoms with Crippen molar-refractivity contribution in [1.29, 1.82) is 0 Å². The third kappa shape index (κ3) is 5.06. The molecule has 1 atom stereocenters. The number of rotatable bonds is 6. The Hall–Kier alpha value is -0.580. The molecule has 1 aromatic carbocycles. The second kappa shape index (κ2) is 6.99. The molecule has 1 rings (SSSR count). The molecule has 0 heterocycles. The molecule has 0 fully saturated rings. The summed E-state index contributed by atoms with van der Waals surface area (Å²) in [6, 6.07) is 5.72. The fourth-order valence-corrected chi connectivity index (χ4v) is 1.86. The summed E-state index contributed by atoms with van der Waals surface area (Å²) >= 11 is 3.46. The SMILES string of the molecule is COc1ccc(Br)c(CC(O)COC(C)C)c1. The highest BCUT2D eigenvalue weighted by atomic mass is 79.9. The zero-order chi connectivity index (χ0) is 12.8. The van der Waals surface area contributed by atoms with Crippen LogP contribution in [0.1, 0.15) is 19.4 Å². The van der Waals surface area contributed by atoms with E-state index in [1.165, 1.54) is 0 Å². The van der Waals surface area contributed by atoms with Crippen molar-refractivity contribution in [3.05, 3.63) is 28.2 Å². The monoisotopic (exact) mass is 302 g/mol. The maximum absolute atomic E-state index is 9.85. The molecule has 17 heavy (non-hydrogen) atoms. The van der Waals surface area contributed by atoms with Gasteiger partial charge >= 0.3 is 0 Å². The first-order valence-electron chi connectivity index (χ1n) is 5.65. The molecule has 0 amide bonds. The van der Waals surface area contributed by atoms with Gasteiger partial charge in [0.1, 0.15) is 5.75 Å². The Morgan fingerprint density at radius 1 is 1.35 bits per heavy atom. The lowest BCUT2D eigenvalue weighted by Crippen LogP contribution is -2.20. The summed E-state index contributed by atoms with van der Waals surface area (Å²) in [5.74, 6) is 0.792. The molecule has 1 N–H and O–H groups in total. The van der Waals surface area contributed by atoms with Crippen LogP contribution in [0.15, 0.2) is 22.7 Å². The van der Waals surface area contributed by atoms with Crippen LogP contribution in [0.4, 0.5) is 0 Å². The molecule has 0 aromatic heterocycles. The topological polar surface area (TPSA) is 38.7 Å². The zero-order valence-electron chi connectivity index (χ0n) is 10.4. The third-order valence-electron chi connectivity index (χ3n) is 2.33. The van der Waals surface area contributed by atoms with Gasteiger partial charge in [-0.2, -0.15) is 0 Å². The molecule has 0 saturated heterocycles. The van der Waals surface area contributed by atoms with Gasteiger partial charge in [-0.3, -0.25) is 0 Å². The second-order valence-electron chi connectivity index (χ2n) is 4.20. The van der Waals surface area contributed by atoms with Gasteiger partial charge in [0.25, 0.3) is 0 Å². The van der Waals surface area contributed by atoms with Crippen LogP contribution in [0, 0.1) is 0 Å². The quantitative estimate of drug-likeness (QED) is 0.878. The van der Waals surface area contributed by atoms with E-state index in [0.29, 0.717) is 13.0 Å². The summed E-state index contributed by atoms with van der Waals surface area (Å²) in [5.41, 5.74) is 1.02. The van der Waals surface area contributed by atoms with Crippen molar-refractivity contribution in [2.24, 2.45) is 0 Å². The summed E-state index contributed by atoms with van der Waals surface area (Å²) in [5, 5.41) is 9.85. The summed E-state index contributed by atoms with van der Waals surface area (Å²) in [4.78, 5) is 0. The molecule has 0 bridgehead atoms. The first kappa shape index (κ1) is 14.5. The molecule has 0 spiro atoms. The van der Waals surface area contributed by atoms with E-state index in [0.717, 1.165) is 15.8 Å². The number of benzene rings is 1. The van der Waals surface area contributed by atoms with Gasteiger partial charge in [-0.25, -0.2) is 0 Å². The highest BCUT2D eigenvalue weighted by Gasteiger charge is 2.10. The Morgan fingerprint density at radius 3 is 2.65 bits per heavy atom. The minimum absolute atomic E-state index is 0.137. The van der Waals surface area contributed by atoms with E-state index >= 15 is 0 Å². The largest absolute Gasteiger partial charge is 0.497 e. The first-order chi connectivity index (χ1) is 8.02. The molecule has 96 valence electrons. The maximum Gasteiger partial charge on any atom is 0.119 e. The summed E-state index contributed by atoms with van der Waals surface area (Å²) in [7, 11) is 1.63. The van der Waals surface area contributed by atoms with E-state index in [1.54, 1.807) is 7.11 Å². The number of hydrogen-bond acceptors (Lipinski definition) is 3. The average molecular weight is 303 g/mol. The Balaban J connectivity index is 2.60. The molecular formula is C13H19BrO3. The van der Waals surface area contributed by atoms with Gasteiger partial charge in [-0.1, -0.05) is 15.9 Å². The van der Waals surface area contributed by atoms with Crippen molar-refractivity contribution in [3.63, 3.8) is 0 Å². The molecule has 3 nitrogen and oxygen atoms in total. The van der Waals surface area contributed by atoms with Gasteiger partial charge in [0.2, 0.25) is 0 Å². The summed E-state index contributed by atoms with van der Waals surface area (Å²) in [6.45, 7) is 4.25. The Morgan fingerprint density at radius 2 is 2.06 bits per heavy atom. The van der Waals surface area contributed by atoms with Crippen molar-refractivity contribution in [1.82, 2.24) is 0 Å². The van der Waals surface area contributed by atoms with Gasteiger partial charge in [-0.15, -0.1) is 0 Å². The fraction of sp³-hybridized carbons (Fsp3) is 0.538. The van der Waals surface area contributed by atoms with Crippen LogP contribution in [-0.4, -0.2) is 31.0 Å². The van der Waals surface area contributed by atoms with Gasteiger partial charge in [0.15, 0.2) is 0 Å². The van der Waals surface area contributed by atoms with Crippen molar-refractivity contribution in [2.45, 2.75) is 32.5 Å². The molecule has 4 heteroatoms. The lowest BCUT2D eigenvalue weighted by Gasteiger charge is -2.15. The van der Waals surface area contributed by atoms with Crippen LogP contribution in [0.5, 0.6) is 5.75 Å². The summed E-state index contributed by atoms with van der Waals surface area (Å²) in [6.07, 6.45) is 0.184. The lowest BCUT2D eigenvalue weighted by atomic mass is 10.1. The van der Waals surface area contributed by atoms with E-state index in [4.69, 9.17) is 9.47 Å². The van der Waals surface area contributed by atoms with E-state index in [-0.39, 0.29) is 6.10 Å². The fourth-order valence-electron chi connectivity index (χ4n) is 1.45. The normalized spacial score (nSPS) is 12.8. The number of ether oxygens (including phenoxy) is 2. The number of aliphatic hydroxyl groups excluding tert-OH is 1. The predicted molar refractivity (Wildman–Crippen MR) is 71.5 cm³/mol. The predicted octanol–water partition coefficient (Wildman–Crippen LogP) is 2.79. The number of aliphatic hydroxyl groups is 1. The molecule has 0 aliphatic carbocycles. The van der Waals surface area contributed by atoms with Gasteiger partial charge in [0, 0.05) is 10.9 Å². The molecule has 0 aliphatic heterocycles. The number of methoxy groups -OCH3 is 1. The maximum atomic E-state index is 9.85. The van der Waals surface area contributed by atoms with Crippen molar-refractivity contribution < 1.29 is 14.6 Å². The highest BCUT2D eigenvalue weighted by Crippen LogP contribution is 2.23. The van der Waals surface area contributed by atoms with Crippen LogP contribution in [0.3, 0.4) is 0 Å². The van der Waals surface area contributed by atoms with Crippen LogP contribution < -0.4 is 4.74 Å². The minimum atomic E-state index is -0.499. The minimum Gasteiger partial charge on any atom is -0.497 e. The van der Waals surface area contributed by atoms with E-state index in [1.807, 2.05) is 32.0 Å². The van der Waals surface area contributed by atoms with Crippen molar-refractivity contribution in [2.75, 3.05) is 13.7 Å². The third-order valence-corrected chi connectivity index (χ3v) is 3.10. The molecular weight excluding hydrogens is 284 g/mol. The van der Waals surface area contributed by atoms with E-state index < -0.39 is 6.10 Å². The van der Waals surface area contributed by atoms with Gasteiger partial charge < -0.3 is 14.6 Å².